The van der Waals surface area contributed by atoms with Gasteiger partial charge in [0.05, 0.1) is 0 Å². The quantitative estimate of drug-likeness (QED) is 0.723. The monoisotopic (exact) mass is 320 g/mol. The first-order chi connectivity index (χ1) is 11.2. The van der Waals surface area contributed by atoms with Gasteiger partial charge in [-0.3, -0.25) is 4.79 Å². The van der Waals surface area contributed by atoms with E-state index >= 15 is 0 Å². The number of likely N-dealkylation sites (N-methyl/N-ethyl adjacent to an activating group) is 1. The summed E-state index contributed by atoms with van der Waals surface area (Å²) in [7, 11) is 3.76. The number of methoxy groups -OCH3 is 1. The molecule has 1 atom stereocenters. The first-order valence-corrected chi connectivity index (χ1v) is 8.32. The van der Waals surface area contributed by atoms with Crippen LogP contribution < -0.4 is 4.90 Å². The van der Waals surface area contributed by atoms with Crippen molar-refractivity contribution in [3.05, 3.63) is 29.8 Å². The number of para-hydroxylation sites is 1. The highest BCUT2D eigenvalue weighted by Crippen LogP contribution is 2.27. The molecule has 23 heavy (non-hydrogen) atoms. The number of hydrogen-bond acceptors (Lipinski definition) is 4. The zero-order valence-electron chi connectivity index (χ0n) is 14.5. The molecule has 0 N–H and O–H groups in total. The van der Waals surface area contributed by atoms with Gasteiger partial charge in [-0.05, 0) is 24.5 Å². The number of rotatable bonds is 7. The van der Waals surface area contributed by atoms with Gasteiger partial charge in [-0.15, -0.1) is 0 Å². The number of anilines is 1. The van der Waals surface area contributed by atoms with Crippen molar-refractivity contribution in [3.8, 4) is 0 Å². The van der Waals surface area contributed by atoms with Gasteiger partial charge in [0.25, 0.3) is 0 Å². The summed E-state index contributed by atoms with van der Waals surface area (Å²) in [6.07, 6.45) is 1.75. The fraction of sp³-hybridized carbons (Fsp3) is 0.611. The van der Waals surface area contributed by atoms with Crippen LogP contribution in [0.15, 0.2) is 24.3 Å². The van der Waals surface area contributed by atoms with Gasteiger partial charge >= 0.3 is 0 Å². The maximum atomic E-state index is 12.6. The van der Waals surface area contributed by atoms with Crippen LogP contribution in [0.3, 0.4) is 0 Å². The Morgan fingerprint density at radius 3 is 2.83 bits per heavy atom. The molecule has 0 unspecified atom stereocenters. The van der Waals surface area contributed by atoms with E-state index in [1.165, 1.54) is 11.3 Å². The third kappa shape index (κ3) is 4.69. The molecule has 1 aromatic rings. The molecule has 2 rings (SSSR count). The highest BCUT2D eigenvalue weighted by atomic mass is 16.5. The van der Waals surface area contributed by atoms with Gasteiger partial charge in [0.1, 0.15) is 6.61 Å². The molecule has 0 spiro atoms. The molecule has 5 heteroatoms. The maximum Gasteiger partial charge on any atom is 0.249 e. The number of hydrogen-bond donors (Lipinski definition) is 0. The number of fused-ring (bicyclic) bond motifs is 1. The van der Waals surface area contributed by atoms with Crippen molar-refractivity contribution in [2.45, 2.75) is 32.4 Å². The number of ether oxygens (including phenoxy) is 2. The molecular formula is C18H28N2O3. The lowest BCUT2D eigenvalue weighted by atomic mass is 10.1. The summed E-state index contributed by atoms with van der Waals surface area (Å²) in [4.78, 5) is 16.8. The lowest BCUT2D eigenvalue weighted by Gasteiger charge is -2.30. The van der Waals surface area contributed by atoms with Gasteiger partial charge < -0.3 is 19.3 Å². The molecule has 0 aliphatic carbocycles. The van der Waals surface area contributed by atoms with Crippen LogP contribution in [0.5, 0.6) is 0 Å². The summed E-state index contributed by atoms with van der Waals surface area (Å²) in [5.41, 5.74) is 2.40. The molecule has 1 heterocycles. The number of carbonyl (C=O) groups is 1. The average Bonchev–Trinajstić information content (AvgIpc) is 2.71. The molecule has 1 aromatic carbocycles. The minimum Gasteiger partial charge on any atom is -0.385 e. The van der Waals surface area contributed by atoms with Crippen molar-refractivity contribution >= 4 is 11.6 Å². The van der Waals surface area contributed by atoms with E-state index in [0.29, 0.717) is 19.8 Å². The van der Waals surface area contributed by atoms with Crippen LogP contribution in [0.4, 0.5) is 5.69 Å². The first-order valence-electron chi connectivity index (χ1n) is 8.32. The van der Waals surface area contributed by atoms with Crippen molar-refractivity contribution in [2.75, 3.05) is 45.4 Å². The SMILES string of the molecule is CC[C@H]1CN(C)c2ccccc2CN1C(=O)COCCCOC. The molecule has 128 valence electrons. The molecule has 1 aliphatic heterocycles. The second-order valence-electron chi connectivity index (χ2n) is 5.99. The maximum absolute atomic E-state index is 12.6. The van der Waals surface area contributed by atoms with Gasteiger partial charge in [0.2, 0.25) is 5.91 Å². The third-order valence-electron chi connectivity index (χ3n) is 4.32. The fourth-order valence-corrected chi connectivity index (χ4v) is 3.03. The van der Waals surface area contributed by atoms with E-state index < -0.39 is 0 Å². The molecule has 0 fully saturated rings. The molecule has 0 saturated heterocycles. The molecular weight excluding hydrogens is 292 g/mol. The summed E-state index contributed by atoms with van der Waals surface area (Å²) >= 11 is 0. The van der Waals surface area contributed by atoms with E-state index in [1.807, 2.05) is 17.0 Å². The Morgan fingerprint density at radius 1 is 1.30 bits per heavy atom. The van der Waals surface area contributed by atoms with E-state index in [4.69, 9.17) is 9.47 Å². The van der Waals surface area contributed by atoms with Gasteiger partial charge in [-0.25, -0.2) is 0 Å². The molecule has 0 aromatic heterocycles. The second-order valence-corrected chi connectivity index (χ2v) is 5.99. The fourth-order valence-electron chi connectivity index (χ4n) is 3.03. The van der Waals surface area contributed by atoms with Crippen LogP contribution in [0.2, 0.25) is 0 Å². The molecule has 1 aliphatic rings. The zero-order valence-corrected chi connectivity index (χ0v) is 14.5. The van der Waals surface area contributed by atoms with Crippen LogP contribution in [0, 0.1) is 0 Å². The van der Waals surface area contributed by atoms with Crippen molar-refractivity contribution in [1.82, 2.24) is 4.90 Å². The predicted molar refractivity (Wildman–Crippen MR) is 91.7 cm³/mol. The standard InChI is InChI=1S/C18H28N2O3/c1-4-16-13-19(2)17-9-6-5-8-15(17)12-20(16)18(21)14-23-11-7-10-22-3/h5-6,8-9,16H,4,7,10-14H2,1-3H3/t16-/m0/s1. The molecule has 1 amide bonds. The minimum absolute atomic E-state index is 0.0689. The van der Waals surface area contributed by atoms with Gasteiger partial charge in [0, 0.05) is 52.2 Å². The summed E-state index contributed by atoms with van der Waals surface area (Å²) in [6.45, 7) is 5.00. The van der Waals surface area contributed by atoms with Crippen LogP contribution in [0.25, 0.3) is 0 Å². The van der Waals surface area contributed by atoms with Gasteiger partial charge in [-0.2, -0.15) is 0 Å². The largest absolute Gasteiger partial charge is 0.385 e. The number of carbonyl (C=O) groups excluding carboxylic acids is 1. The smallest absolute Gasteiger partial charge is 0.249 e. The Bertz CT molecular complexity index is 507. The lowest BCUT2D eigenvalue weighted by molar-refractivity contribution is -0.139. The summed E-state index contributed by atoms with van der Waals surface area (Å²) < 4.78 is 10.5. The normalized spacial score (nSPS) is 17.8. The van der Waals surface area contributed by atoms with Crippen molar-refractivity contribution in [2.24, 2.45) is 0 Å². The summed E-state index contributed by atoms with van der Waals surface area (Å²) in [6, 6.07) is 8.51. The van der Waals surface area contributed by atoms with E-state index in [1.54, 1.807) is 7.11 Å². The Labute approximate surface area is 139 Å². The first kappa shape index (κ1) is 17.8. The van der Waals surface area contributed by atoms with Crippen LogP contribution >= 0.6 is 0 Å². The van der Waals surface area contributed by atoms with E-state index in [2.05, 4.69) is 31.0 Å². The Kier molecular flexibility index (Phi) is 6.86. The topological polar surface area (TPSA) is 42.0 Å². The van der Waals surface area contributed by atoms with E-state index in [9.17, 15) is 4.79 Å². The van der Waals surface area contributed by atoms with Crippen molar-refractivity contribution in [1.29, 1.82) is 0 Å². The van der Waals surface area contributed by atoms with Crippen molar-refractivity contribution < 1.29 is 14.3 Å². The summed E-state index contributed by atoms with van der Waals surface area (Å²) in [5, 5.41) is 0. The summed E-state index contributed by atoms with van der Waals surface area (Å²) in [5.74, 6) is 0.0689. The van der Waals surface area contributed by atoms with Gasteiger partial charge in [0.15, 0.2) is 0 Å². The number of nitrogens with zero attached hydrogens (tertiary/aromatic N) is 2. The highest BCUT2D eigenvalue weighted by molar-refractivity contribution is 5.78. The van der Waals surface area contributed by atoms with E-state index in [0.717, 1.165) is 19.4 Å². The van der Waals surface area contributed by atoms with Crippen LogP contribution in [0.1, 0.15) is 25.3 Å². The second kappa shape index (κ2) is 8.89. The molecule has 0 bridgehead atoms. The average molecular weight is 320 g/mol. The van der Waals surface area contributed by atoms with Crippen molar-refractivity contribution in [3.63, 3.8) is 0 Å². The number of amides is 1. The zero-order chi connectivity index (χ0) is 16.7. The molecule has 5 nitrogen and oxygen atoms in total. The predicted octanol–water partition coefficient (Wildman–Crippen LogP) is 2.30. The third-order valence-corrected chi connectivity index (χ3v) is 4.32. The Balaban J connectivity index is 2.02. The van der Waals surface area contributed by atoms with Gasteiger partial charge in [-0.1, -0.05) is 25.1 Å². The minimum atomic E-state index is 0.0689. The Hall–Kier alpha value is -1.59. The number of benzene rings is 1. The molecule has 0 saturated carbocycles. The highest BCUT2D eigenvalue weighted by Gasteiger charge is 2.28. The Morgan fingerprint density at radius 2 is 2.09 bits per heavy atom. The lowest BCUT2D eigenvalue weighted by Crippen LogP contribution is -2.45. The van der Waals surface area contributed by atoms with Crippen LogP contribution in [-0.2, 0) is 20.8 Å². The molecule has 0 radical (unpaired) electrons. The van der Waals surface area contributed by atoms with Crippen LogP contribution in [-0.4, -0.2) is 57.4 Å². The van der Waals surface area contributed by atoms with E-state index in [-0.39, 0.29) is 18.6 Å².